The maximum Gasteiger partial charge on any atom is 0.0338 e. The van der Waals surface area contributed by atoms with Gasteiger partial charge in [-0.2, -0.15) is 0 Å². The number of nitrogens with one attached hydrogen (secondary N) is 1. The molecule has 0 aliphatic rings. The molecule has 0 saturated heterocycles. The lowest BCUT2D eigenvalue weighted by atomic mass is 10.0. The van der Waals surface area contributed by atoms with Gasteiger partial charge in [-0.15, -0.1) is 0 Å². The zero-order chi connectivity index (χ0) is 7.98. The maximum absolute atomic E-state index is 7.51. The smallest absolute Gasteiger partial charge is 0.0338 e. The molecule has 1 nitrogen and oxygen atoms in total. The van der Waals surface area contributed by atoms with Gasteiger partial charge in [0.2, 0.25) is 0 Å². The summed E-state index contributed by atoms with van der Waals surface area (Å²) in [6.07, 6.45) is 6.04. The molecule has 0 aromatic rings. The topological polar surface area (TPSA) is 23.9 Å². The first-order valence-electron chi connectivity index (χ1n) is 3.97. The molecule has 0 aliphatic carbocycles. The van der Waals surface area contributed by atoms with E-state index >= 15 is 0 Å². The lowest BCUT2D eigenvalue weighted by Crippen LogP contribution is -2.04. The molecule has 0 bridgehead atoms. The summed E-state index contributed by atoms with van der Waals surface area (Å²) in [4.78, 5) is 0. The van der Waals surface area contributed by atoms with Crippen LogP contribution in [0.5, 0.6) is 0 Å². The monoisotopic (exact) mass is 139 g/mol. The molecule has 1 N–H and O–H groups in total. The van der Waals surface area contributed by atoms with Crippen molar-refractivity contribution >= 4 is 5.71 Å². The molecule has 0 radical (unpaired) electrons. The Morgan fingerprint density at radius 2 is 2.10 bits per heavy atom. The lowest BCUT2D eigenvalue weighted by molar-refractivity contribution is 0.738. The molecule has 0 saturated carbocycles. The van der Waals surface area contributed by atoms with Crippen molar-refractivity contribution in [2.45, 2.75) is 33.6 Å². The fraction of sp³-hybridized carbons (Fsp3) is 0.667. The van der Waals surface area contributed by atoms with Crippen LogP contribution in [0.4, 0.5) is 0 Å². The second-order valence-electron chi connectivity index (χ2n) is 2.58. The zero-order valence-corrected chi connectivity index (χ0v) is 7.15. The van der Waals surface area contributed by atoms with Crippen LogP contribution in [-0.2, 0) is 0 Å². The third kappa shape index (κ3) is 3.44. The van der Waals surface area contributed by atoms with Gasteiger partial charge in [-0.25, -0.2) is 0 Å². The van der Waals surface area contributed by atoms with Crippen LogP contribution in [-0.4, -0.2) is 5.71 Å². The van der Waals surface area contributed by atoms with Gasteiger partial charge >= 0.3 is 0 Å². The van der Waals surface area contributed by atoms with Crippen molar-refractivity contribution in [3.8, 4) is 0 Å². The summed E-state index contributed by atoms with van der Waals surface area (Å²) in [5.41, 5.74) is 0.754. The van der Waals surface area contributed by atoms with Gasteiger partial charge in [-0.3, -0.25) is 0 Å². The van der Waals surface area contributed by atoms with Crippen LogP contribution in [0.25, 0.3) is 0 Å². The van der Waals surface area contributed by atoms with Gasteiger partial charge in [0, 0.05) is 5.71 Å². The Labute approximate surface area is 63.7 Å². The van der Waals surface area contributed by atoms with Gasteiger partial charge in [0.05, 0.1) is 0 Å². The molecule has 0 aromatic carbocycles. The van der Waals surface area contributed by atoms with Crippen molar-refractivity contribution in [1.29, 1.82) is 5.41 Å². The lowest BCUT2D eigenvalue weighted by Gasteiger charge is -2.04. The van der Waals surface area contributed by atoms with Crippen LogP contribution in [0, 0.1) is 11.3 Å². The highest BCUT2D eigenvalue weighted by Gasteiger charge is 2.00. The largest absolute Gasteiger partial charge is 0.305 e. The first kappa shape index (κ1) is 9.41. The van der Waals surface area contributed by atoms with E-state index in [4.69, 9.17) is 5.41 Å². The highest BCUT2D eigenvalue weighted by atomic mass is 14.4. The quantitative estimate of drug-likeness (QED) is 0.579. The zero-order valence-electron chi connectivity index (χ0n) is 7.15. The van der Waals surface area contributed by atoms with Crippen molar-refractivity contribution in [3.05, 3.63) is 12.2 Å². The van der Waals surface area contributed by atoms with Crippen molar-refractivity contribution in [1.82, 2.24) is 0 Å². The van der Waals surface area contributed by atoms with E-state index in [9.17, 15) is 0 Å². The first-order valence-corrected chi connectivity index (χ1v) is 3.97. The molecular weight excluding hydrogens is 122 g/mol. The number of hydrogen-bond donors (Lipinski definition) is 1. The second-order valence-corrected chi connectivity index (χ2v) is 2.58. The average molecular weight is 139 g/mol. The first-order chi connectivity index (χ1) is 4.72. The summed E-state index contributed by atoms with van der Waals surface area (Å²) in [6.45, 7) is 6.28. The van der Waals surface area contributed by atoms with Crippen LogP contribution >= 0.6 is 0 Å². The van der Waals surface area contributed by atoms with Crippen LogP contribution in [0.3, 0.4) is 0 Å². The van der Waals surface area contributed by atoms with E-state index in [-0.39, 0.29) is 0 Å². The van der Waals surface area contributed by atoms with Crippen LogP contribution in [0.15, 0.2) is 12.2 Å². The van der Waals surface area contributed by atoms with E-state index in [1.807, 2.05) is 12.2 Å². The Bertz CT molecular complexity index is 125. The Morgan fingerprint density at radius 1 is 1.50 bits per heavy atom. The summed E-state index contributed by atoms with van der Waals surface area (Å²) < 4.78 is 0. The summed E-state index contributed by atoms with van der Waals surface area (Å²) >= 11 is 0. The van der Waals surface area contributed by atoms with Crippen molar-refractivity contribution in [3.63, 3.8) is 0 Å². The molecule has 0 aliphatic heterocycles. The molecular formula is C9H17N. The Morgan fingerprint density at radius 3 is 2.50 bits per heavy atom. The van der Waals surface area contributed by atoms with Crippen molar-refractivity contribution in [2.24, 2.45) is 5.92 Å². The summed E-state index contributed by atoms with van der Waals surface area (Å²) in [5.74, 6) is 0.419. The highest BCUT2D eigenvalue weighted by Crippen LogP contribution is 2.03. The van der Waals surface area contributed by atoms with Crippen LogP contribution < -0.4 is 0 Å². The maximum atomic E-state index is 7.51. The summed E-state index contributed by atoms with van der Waals surface area (Å²) in [5, 5.41) is 7.51. The Balaban J connectivity index is 3.72. The molecule has 10 heavy (non-hydrogen) atoms. The third-order valence-corrected chi connectivity index (χ3v) is 1.68. The van der Waals surface area contributed by atoms with Gasteiger partial charge in [0.1, 0.15) is 0 Å². The second kappa shape index (κ2) is 5.21. The predicted octanol–water partition coefficient (Wildman–Crippen LogP) is 3.02. The minimum absolute atomic E-state index is 0.419. The molecule has 0 rings (SSSR count). The van der Waals surface area contributed by atoms with Crippen molar-refractivity contribution in [2.75, 3.05) is 0 Å². The van der Waals surface area contributed by atoms with Gasteiger partial charge in [-0.05, 0) is 24.8 Å². The summed E-state index contributed by atoms with van der Waals surface area (Å²) in [6, 6.07) is 0. The molecule has 0 amide bonds. The average Bonchev–Trinajstić information content (AvgIpc) is 1.98. The fourth-order valence-electron chi connectivity index (χ4n) is 0.629. The van der Waals surface area contributed by atoms with E-state index in [1.165, 1.54) is 0 Å². The highest BCUT2D eigenvalue weighted by molar-refractivity contribution is 5.93. The van der Waals surface area contributed by atoms with E-state index in [0.29, 0.717) is 5.92 Å². The van der Waals surface area contributed by atoms with E-state index in [0.717, 1.165) is 18.6 Å². The SMILES string of the molecule is CC/C=C\C(=N)C(C)CC. The fourth-order valence-corrected chi connectivity index (χ4v) is 0.629. The van der Waals surface area contributed by atoms with Gasteiger partial charge in [0.25, 0.3) is 0 Å². The molecule has 0 fully saturated rings. The number of hydrogen-bond acceptors (Lipinski definition) is 1. The van der Waals surface area contributed by atoms with E-state index in [1.54, 1.807) is 0 Å². The molecule has 1 atom stereocenters. The minimum Gasteiger partial charge on any atom is -0.305 e. The van der Waals surface area contributed by atoms with E-state index < -0.39 is 0 Å². The molecule has 0 aromatic heterocycles. The van der Waals surface area contributed by atoms with Gasteiger partial charge in [0.15, 0.2) is 0 Å². The van der Waals surface area contributed by atoms with Gasteiger partial charge in [-0.1, -0.05) is 26.8 Å². The summed E-state index contributed by atoms with van der Waals surface area (Å²) in [7, 11) is 0. The molecule has 0 heterocycles. The Hall–Kier alpha value is -0.590. The molecule has 58 valence electrons. The minimum atomic E-state index is 0.419. The van der Waals surface area contributed by atoms with Gasteiger partial charge < -0.3 is 5.41 Å². The normalized spacial score (nSPS) is 13.9. The van der Waals surface area contributed by atoms with E-state index in [2.05, 4.69) is 20.8 Å². The number of allylic oxidation sites excluding steroid dienone is 2. The number of rotatable bonds is 4. The van der Waals surface area contributed by atoms with Crippen LogP contribution in [0.2, 0.25) is 0 Å². The Kier molecular flexibility index (Phi) is 4.91. The standard InChI is InChI=1S/C9H17N/c1-4-6-7-9(10)8(3)5-2/h6-8,10H,4-5H2,1-3H3/b7-6-,10-9?. The molecule has 0 spiro atoms. The molecule has 1 heteroatoms. The predicted molar refractivity (Wildman–Crippen MR) is 46.6 cm³/mol. The third-order valence-electron chi connectivity index (χ3n) is 1.68. The van der Waals surface area contributed by atoms with Crippen molar-refractivity contribution < 1.29 is 0 Å². The van der Waals surface area contributed by atoms with Crippen LogP contribution in [0.1, 0.15) is 33.6 Å². The molecule has 1 unspecified atom stereocenters.